The first-order chi connectivity index (χ1) is 14.3. The van der Waals surface area contributed by atoms with E-state index in [1.165, 1.54) is 6.20 Å². The lowest BCUT2D eigenvalue weighted by Gasteiger charge is -2.20. The molecule has 1 amide bonds. The van der Waals surface area contributed by atoms with Crippen LogP contribution in [0.4, 0.5) is 5.82 Å². The first kappa shape index (κ1) is 21.3. The largest absolute Gasteiger partial charge is 0.484 e. The maximum Gasteiger partial charge on any atom is 0.258 e. The number of allylic oxidation sites excluding steroid dienone is 1. The minimum absolute atomic E-state index is 0.0869. The first-order valence-corrected chi connectivity index (χ1v) is 9.50. The van der Waals surface area contributed by atoms with Crippen molar-refractivity contribution in [1.29, 1.82) is 5.41 Å². The van der Waals surface area contributed by atoms with Crippen molar-refractivity contribution in [3.8, 4) is 17.1 Å². The minimum atomic E-state index is -0.320. The molecule has 0 radical (unpaired) electrons. The second-order valence-corrected chi connectivity index (χ2v) is 7.82. The van der Waals surface area contributed by atoms with Gasteiger partial charge in [-0.2, -0.15) is 0 Å². The second kappa shape index (κ2) is 8.91. The van der Waals surface area contributed by atoms with Gasteiger partial charge in [-0.3, -0.25) is 4.79 Å². The van der Waals surface area contributed by atoms with Gasteiger partial charge >= 0.3 is 0 Å². The molecule has 1 aliphatic rings. The van der Waals surface area contributed by atoms with Crippen molar-refractivity contribution < 1.29 is 14.3 Å². The van der Waals surface area contributed by atoms with Gasteiger partial charge in [-0.05, 0) is 32.9 Å². The molecule has 0 unspecified atom stereocenters. The van der Waals surface area contributed by atoms with E-state index in [4.69, 9.17) is 20.6 Å². The standard InChI is InChI=1S/C21H26N6O3/c1-21(2,3)27-18(28)12-30-15-6-4-5-13(7-15)19-25-17-11-29-10-16(17)20(26-19)24-14(8-22)9-23/h4-9,22H,10-12,23H2,1-3H3,(H,27,28)(H,24,25,26)/b14-9+,22-8?. The Morgan fingerprint density at radius 2 is 2.13 bits per heavy atom. The first-order valence-electron chi connectivity index (χ1n) is 9.50. The van der Waals surface area contributed by atoms with Crippen LogP contribution in [0.5, 0.6) is 5.75 Å². The van der Waals surface area contributed by atoms with Crippen LogP contribution in [0.3, 0.4) is 0 Å². The number of nitrogens with two attached hydrogens (primary N) is 1. The molecular formula is C21H26N6O3. The van der Waals surface area contributed by atoms with Gasteiger partial charge in [-0.15, -0.1) is 0 Å². The Balaban J connectivity index is 1.83. The predicted molar refractivity (Wildman–Crippen MR) is 114 cm³/mol. The molecule has 0 spiro atoms. The van der Waals surface area contributed by atoms with Gasteiger partial charge in [0.05, 0.1) is 24.6 Å². The SMILES string of the molecule is CC(C)(C)NC(=O)COc1cccc(-c2nc3c(c(N/C(C=N)=C/N)n2)COC3)c1. The van der Waals surface area contributed by atoms with Crippen LogP contribution in [-0.2, 0) is 22.7 Å². The molecule has 0 fully saturated rings. The van der Waals surface area contributed by atoms with E-state index in [9.17, 15) is 4.79 Å². The molecule has 158 valence electrons. The van der Waals surface area contributed by atoms with Gasteiger partial charge in [0.25, 0.3) is 5.91 Å². The lowest BCUT2D eigenvalue weighted by atomic mass is 10.1. The second-order valence-electron chi connectivity index (χ2n) is 7.82. The van der Waals surface area contributed by atoms with Crippen LogP contribution in [-0.4, -0.2) is 34.2 Å². The Bertz CT molecular complexity index is 981. The molecule has 1 aromatic heterocycles. The van der Waals surface area contributed by atoms with Crippen LogP contribution >= 0.6 is 0 Å². The van der Waals surface area contributed by atoms with Crippen LogP contribution in [0.15, 0.2) is 36.2 Å². The number of ether oxygens (including phenoxy) is 2. The van der Waals surface area contributed by atoms with Crippen molar-refractivity contribution in [2.45, 2.75) is 39.5 Å². The number of hydrogen-bond donors (Lipinski definition) is 4. The van der Waals surface area contributed by atoms with Crippen molar-refractivity contribution in [2.24, 2.45) is 5.73 Å². The van der Waals surface area contributed by atoms with E-state index in [0.717, 1.165) is 23.0 Å². The fraction of sp³-hybridized carbons (Fsp3) is 0.333. The molecule has 1 aromatic carbocycles. The Hall–Kier alpha value is -3.46. The molecule has 3 rings (SSSR count). The van der Waals surface area contributed by atoms with Crippen molar-refractivity contribution in [3.63, 3.8) is 0 Å². The fourth-order valence-corrected chi connectivity index (χ4v) is 2.87. The number of anilines is 1. The third-order valence-corrected chi connectivity index (χ3v) is 4.15. The topological polar surface area (TPSA) is 135 Å². The zero-order valence-corrected chi connectivity index (χ0v) is 17.3. The number of fused-ring (bicyclic) bond motifs is 1. The summed E-state index contributed by atoms with van der Waals surface area (Å²) in [5.41, 5.74) is 7.98. The van der Waals surface area contributed by atoms with Crippen LogP contribution < -0.4 is 21.1 Å². The molecule has 2 aromatic rings. The molecule has 5 N–H and O–H groups in total. The average molecular weight is 410 g/mol. The highest BCUT2D eigenvalue weighted by Gasteiger charge is 2.21. The Kier molecular flexibility index (Phi) is 6.31. The quantitative estimate of drug-likeness (QED) is 0.514. The Morgan fingerprint density at radius 1 is 1.33 bits per heavy atom. The molecule has 1 aliphatic heterocycles. The van der Waals surface area contributed by atoms with E-state index in [0.29, 0.717) is 36.3 Å². The molecule has 30 heavy (non-hydrogen) atoms. The summed E-state index contributed by atoms with van der Waals surface area (Å²) in [6.07, 6.45) is 2.41. The highest BCUT2D eigenvalue weighted by atomic mass is 16.5. The lowest BCUT2D eigenvalue weighted by Crippen LogP contribution is -2.43. The molecule has 0 saturated heterocycles. The summed E-state index contributed by atoms with van der Waals surface area (Å²) >= 11 is 0. The van der Waals surface area contributed by atoms with Crippen LogP contribution in [0, 0.1) is 5.41 Å². The summed E-state index contributed by atoms with van der Waals surface area (Å²) in [6.45, 7) is 6.42. The van der Waals surface area contributed by atoms with Crippen molar-refractivity contribution in [1.82, 2.24) is 15.3 Å². The number of carbonyl (C=O) groups excluding carboxylic acids is 1. The number of benzene rings is 1. The van der Waals surface area contributed by atoms with Crippen molar-refractivity contribution in [2.75, 3.05) is 11.9 Å². The average Bonchev–Trinajstić information content (AvgIpc) is 3.18. The van der Waals surface area contributed by atoms with E-state index in [-0.39, 0.29) is 18.1 Å². The van der Waals surface area contributed by atoms with E-state index >= 15 is 0 Å². The monoisotopic (exact) mass is 410 g/mol. The molecule has 0 bridgehead atoms. The summed E-state index contributed by atoms with van der Waals surface area (Å²) < 4.78 is 11.1. The van der Waals surface area contributed by atoms with Gasteiger partial charge in [-0.1, -0.05) is 12.1 Å². The maximum absolute atomic E-state index is 12.0. The van der Waals surface area contributed by atoms with E-state index in [1.54, 1.807) is 12.1 Å². The van der Waals surface area contributed by atoms with Gasteiger partial charge in [0, 0.05) is 29.1 Å². The maximum atomic E-state index is 12.0. The van der Waals surface area contributed by atoms with E-state index < -0.39 is 0 Å². The Labute approximate surface area is 175 Å². The van der Waals surface area contributed by atoms with Crippen LogP contribution in [0.1, 0.15) is 32.0 Å². The third kappa shape index (κ3) is 5.32. The number of rotatable bonds is 7. The zero-order chi connectivity index (χ0) is 21.7. The smallest absolute Gasteiger partial charge is 0.258 e. The predicted octanol–water partition coefficient (Wildman–Crippen LogP) is 2.33. The molecular weight excluding hydrogens is 384 g/mol. The Morgan fingerprint density at radius 3 is 2.83 bits per heavy atom. The molecule has 0 atom stereocenters. The van der Waals surface area contributed by atoms with E-state index in [1.807, 2.05) is 32.9 Å². The number of nitrogens with zero attached hydrogens (tertiary/aromatic N) is 2. The third-order valence-electron chi connectivity index (χ3n) is 4.15. The molecule has 9 nitrogen and oxygen atoms in total. The molecule has 0 aliphatic carbocycles. The van der Waals surface area contributed by atoms with Crippen molar-refractivity contribution in [3.05, 3.63) is 47.4 Å². The summed E-state index contributed by atoms with van der Waals surface area (Å²) in [4.78, 5) is 21.2. The van der Waals surface area contributed by atoms with E-state index in [2.05, 4.69) is 20.6 Å². The summed E-state index contributed by atoms with van der Waals surface area (Å²) in [6, 6.07) is 7.23. The van der Waals surface area contributed by atoms with Gasteiger partial charge in [0.1, 0.15) is 11.6 Å². The number of amides is 1. The summed E-state index contributed by atoms with van der Waals surface area (Å²) in [5, 5.41) is 13.3. The number of hydrogen-bond acceptors (Lipinski definition) is 8. The minimum Gasteiger partial charge on any atom is -0.484 e. The lowest BCUT2D eigenvalue weighted by molar-refractivity contribution is -0.124. The number of nitrogens with one attached hydrogen (secondary N) is 3. The van der Waals surface area contributed by atoms with Gasteiger partial charge in [-0.25, -0.2) is 9.97 Å². The summed E-state index contributed by atoms with van der Waals surface area (Å²) in [5.74, 6) is 1.36. The van der Waals surface area contributed by atoms with Crippen LogP contribution in [0.25, 0.3) is 11.4 Å². The summed E-state index contributed by atoms with van der Waals surface area (Å²) in [7, 11) is 0. The van der Waals surface area contributed by atoms with Gasteiger partial charge in [0.15, 0.2) is 12.4 Å². The van der Waals surface area contributed by atoms with Crippen LogP contribution in [0.2, 0.25) is 0 Å². The molecule has 9 heteroatoms. The number of aromatic nitrogens is 2. The van der Waals surface area contributed by atoms with Crippen molar-refractivity contribution >= 4 is 17.9 Å². The zero-order valence-electron chi connectivity index (χ0n) is 17.3. The normalized spacial score (nSPS) is 13.5. The molecule has 0 saturated carbocycles. The van der Waals surface area contributed by atoms with Gasteiger partial charge < -0.3 is 31.3 Å². The number of carbonyl (C=O) groups is 1. The van der Waals surface area contributed by atoms with Gasteiger partial charge in [0.2, 0.25) is 0 Å². The fourth-order valence-electron chi connectivity index (χ4n) is 2.87. The molecule has 2 heterocycles. The highest BCUT2D eigenvalue weighted by molar-refractivity contribution is 5.81. The highest BCUT2D eigenvalue weighted by Crippen LogP contribution is 2.29.